The molecule has 0 aliphatic rings. The van der Waals surface area contributed by atoms with Gasteiger partial charge in [-0.1, -0.05) is 6.07 Å². The fraction of sp³-hybridized carbons (Fsp3) is 0. The van der Waals surface area contributed by atoms with E-state index in [1.807, 2.05) is 12.1 Å². The zero-order valence-electron chi connectivity index (χ0n) is 10.6. The third-order valence-corrected chi connectivity index (χ3v) is 3.25. The number of hydrogen-bond donors (Lipinski definition) is 1. The van der Waals surface area contributed by atoms with Crippen LogP contribution in [0.2, 0.25) is 0 Å². The van der Waals surface area contributed by atoms with Crippen molar-refractivity contribution in [2.45, 2.75) is 0 Å². The van der Waals surface area contributed by atoms with Crippen molar-refractivity contribution in [3.63, 3.8) is 0 Å². The highest BCUT2D eigenvalue weighted by atomic mass is 79.9. The summed E-state index contributed by atoms with van der Waals surface area (Å²) in [5, 5.41) is 13.2. The van der Waals surface area contributed by atoms with Crippen LogP contribution < -0.4 is 0 Å². The minimum Gasteiger partial charge on any atom is -0.476 e. The van der Waals surface area contributed by atoms with Crippen LogP contribution in [0.4, 0.5) is 0 Å². The first kappa shape index (κ1) is 13.4. The summed E-state index contributed by atoms with van der Waals surface area (Å²) in [6, 6.07) is 10.4. The second-order valence-electron chi connectivity index (χ2n) is 4.18. The molecular formula is C14H9BrN4O2. The van der Waals surface area contributed by atoms with Crippen molar-refractivity contribution in [2.75, 3.05) is 0 Å². The fourth-order valence-corrected chi connectivity index (χ4v) is 2.08. The summed E-state index contributed by atoms with van der Waals surface area (Å²) < 4.78 is 2.30. The second-order valence-corrected chi connectivity index (χ2v) is 5.10. The van der Waals surface area contributed by atoms with E-state index >= 15 is 0 Å². The van der Waals surface area contributed by atoms with E-state index in [9.17, 15) is 4.79 Å². The predicted octanol–water partition coefficient (Wildman–Crippen LogP) is 2.79. The molecule has 0 aliphatic carbocycles. The predicted molar refractivity (Wildman–Crippen MR) is 79.2 cm³/mol. The highest BCUT2D eigenvalue weighted by molar-refractivity contribution is 9.10. The number of aromatic carboxylic acids is 1. The van der Waals surface area contributed by atoms with Crippen LogP contribution in [0.15, 0.2) is 53.3 Å². The van der Waals surface area contributed by atoms with Gasteiger partial charge >= 0.3 is 5.97 Å². The molecule has 0 saturated carbocycles. The molecule has 0 bridgehead atoms. The molecule has 3 rings (SSSR count). The largest absolute Gasteiger partial charge is 0.476 e. The molecular weight excluding hydrogens is 336 g/mol. The van der Waals surface area contributed by atoms with Crippen LogP contribution in [-0.4, -0.2) is 30.8 Å². The van der Waals surface area contributed by atoms with Crippen LogP contribution in [0.1, 0.15) is 10.5 Å². The normalized spacial score (nSPS) is 10.5. The summed E-state index contributed by atoms with van der Waals surface area (Å²) in [5.41, 5.74) is 1.14. The Morgan fingerprint density at radius 2 is 2.05 bits per heavy atom. The minimum atomic E-state index is -1.09. The van der Waals surface area contributed by atoms with E-state index in [2.05, 4.69) is 31.0 Å². The lowest BCUT2D eigenvalue weighted by Crippen LogP contribution is -2.04. The SMILES string of the molecule is O=C(O)c1cc(-c2ccccn2)n(-c2ccc(Br)cn2)n1. The molecule has 0 fully saturated rings. The molecule has 1 N–H and O–H groups in total. The van der Waals surface area contributed by atoms with Crippen molar-refractivity contribution in [2.24, 2.45) is 0 Å². The Morgan fingerprint density at radius 1 is 1.19 bits per heavy atom. The first-order chi connectivity index (χ1) is 10.1. The Labute approximate surface area is 128 Å². The van der Waals surface area contributed by atoms with Crippen molar-refractivity contribution in [3.8, 4) is 17.2 Å². The lowest BCUT2D eigenvalue weighted by atomic mass is 10.2. The number of halogens is 1. The summed E-state index contributed by atoms with van der Waals surface area (Å²) in [6.45, 7) is 0. The summed E-state index contributed by atoms with van der Waals surface area (Å²) in [4.78, 5) is 19.6. The number of pyridine rings is 2. The van der Waals surface area contributed by atoms with Crippen molar-refractivity contribution in [1.29, 1.82) is 0 Å². The van der Waals surface area contributed by atoms with Gasteiger partial charge in [-0.15, -0.1) is 0 Å². The van der Waals surface area contributed by atoms with Gasteiger partial charge in [-0.05, 0) is 40.2 Å². The molecule has 21 heavy (non-hydrogen) atoms. The van der Waals surface area contributed by atoms with Gasteiger partial charge < -0.3 is 5.11 Å². The van der Waals surface area contributed by atoms with E-state index in [0.717, 1.165) is 4.47 Å². The maximum Gasteiger partial charge on any atom is 0.356 e. The summed E-state index contributed by atoms with van der Waals surface area (Å²) in [7, 11) is 0. The molecule has 0 amide bonds. The molecule has 0 radical (unpaired) electrons. The highest BCUT2D eigenvalue weighted by Gasteiger charge is 2.17. The van der Waals surface area contributed by atoms with Gasteiger partial charge in [0.05, 0.1) is 11.4 Å². The zero-order valence-corrected chi connectivity index (χ0v) is 12.2. The molecule has 7 heteroatoms. The van der Waals surface area contributed by atoms with E-state index in [0.29, 0.717) is 17.2 Å². The molecule has 0 unspecified atom stereocenters. The molecule has 0 aromatic carbocycles. The molecule has 0 saturated heterocycles. The van der Waals surface area contributed by atoms with Gasteiger partial charge in [0.1, 0.15) is 0 Å². The zero-order chi connectivity index (χ0) is 14.8. The number of carboxylic acid groups (broad SMARTS) is 1. The number of hydrogen-bond acceptors (Lipinski definition) is 4. The summed E-state index contributed by atoms with van der Waals surface area (Å²) in [5.74, 6) is -0.575. The number of carbonyl (C=O) groups is 1. The lowest BCUT2D eigenvalue weighted by Gasteiger charge is -2.05. The van der Waals surface area contributed by atoms with Gasteiger partial charge in [0.15, 0.2) is 11.5 Å². The monoisotopic (exact) mass is 344 g/mol. The van der Waals surface area contributed by atoms with Gasteiger partial charge in [0, 0.05) is 22.9 Å². The van der Waals surface area contributed by atoms with Crippen LogP contribution in [0.5, 0.6) is 0 Å². The van der Waals surface area contributed by atoms with Gasteiger partial charge in [-0.3, -0.25) is 4.98 Å². The average Bonchev–Trinajstić information content (AvgIpc) is 2.94. The summed E-state index contributed by atoms with van der Waals surface area (Å²) >= 11 is 3.31. The van der Waals surface area contributed by atoms with Gasteiger partial charge in [-0.25, -0.2) is 14.5 Å². The number of carboxylic acids is 1. The van der Waals surface area contributed by atoms with Crippen molar-refractivity contribution in [1.82, 2.24) is 19.7 Å². The van der Waals surface area contributed by atoms with Gasteiger partial charge in [0.25, 0.3) is 0 Å². The Kier molecular flexibility index (Phi) is 3.49. The van der Waals surface area contributed by atoms with Gasteiger partial charge in [0.2, 0.25) is 0 Å². The molecule has 0 atom stereocenters. The molecule has 104 valence electrons. The first-order valence-electron chi connectivity index (χ1n) is 6.02. The number of rotatable bonds is 3. The smallest absolute Gasteiger partial charge is 0.356 e. The van der Waals surface area contributed by atoms with Crippen LogP contribution in [-0.2, 0) is 0 Å². The maximum absolute atomic E-state index is 11.2. The quantitative estimate of drug-likeness (QED) is 0.789. The number of nitrogens with zero attached hydrogens (tertiary/aromatic N) is 4. The van der Waals surface area contributed by atoms with Crippen LogP contribution in [0.25, 0.3) is 17.2 Å². The minimum absolute atomic E-state index is 0.0552. The lowest BCUT2D eigenvalue weighted by molar-refractivity contribution is 0.0690. The van der Waals surface area contributed by atoms with E-state index in [1.165, 1.54) is 10.7 Å². The molecule has 3 aromatic heterocycles. The van der Waals surface area contributed by atoms with Crippen molar-refractivity contribution < 1.29 is 9.90 Å². The molecule has 0 spiro atoms. The Balaban J connectivity index is 2.19. The van der Waals surface area contributed by atoms with E-state index < -0.39 is 5.97 Å². The first-order valence-corrected chi connectivity index (χ1v) is 6.81. The van der Waals surface area contributed by atoms with Gasteiger partial charge in [-0.2, -0.15) is 5.10 Å². The average molecular weight is 345 g/mol. The Hall–Kier alpha value is -2.54. The second kappa shape index (κ2) is 5.45. The third kappa shape index (κ3) is 2.68. The fourth-order valence-electron chi connectivity index (χ4n) is 1.85. The summed E-state index contributed by atoms with van der Waals surface area (Å²) in [6.07, 6.45) is 3.27. The number of aromatic nitrogens is 4. The Bertz CT molecular complexity index is 784. The molecule has 0 aliphatic heterocycles. The molecule has 3 heterocycles. The van der Waals surface area contributed by atoms with Crippen LogP contribution in [0.3, 0.4) is 0 Å². The van der Waals surface area contributed by atoms with Crippen LogP contribution >= 0.6 is 15.9 Å². The third-order valence-electron chi connectivity index (χ3n) is 2.78. The van der Waals surface area contributed by atoms with E-state index in [4.69, 9.17) is 5.11 Å². The standard InChI is InChI=1S/C14H9BrN4O2/c15-9-4-5-13(17-8-9)19-12(7-11(18-19)14(20)21)10-3-1-2-6-16-10/h1-8H,(H,20,21). The van der Waals surface area contributed by atoms with Crippen LogP contribution in [0, 0.1) is 0 Å². The maximum atomic E-state index is 11.2. The molecule has 3 aromatic rings. The highest BCUT2D eigenvalue weighted by Crippen LogP contribution is 2.22. The van der Waals surface area contributed by atoms with E-state index in [-0.39, 0.29) is 5.69 Å². The molecule has 6 nitrogen and oxygen atoms in total. The van der Waals surface area contributed by atoms with E-state index in [1.54, 1.807) is 30.6 Å². The Morgan fingerprint density at radius 3 is 2.67 bits per heavy atom. The van der Waals surface area contributed by atoms with Crippen molar-refractivity contribution >= 4 is 21.9 Å². The van der Waals surface area contributed by atoms with Crippen molar-refractivity contribution in [3.05, 3.63) is 59.0 Å². The topological polar surface area (TPSA) is 80.9 Å².